The van der Waals surface area contributed by atoms with E-state index in [1.165, 1.54) is 0 Å². The van der Waals surface area contributed by atoms with E-state index < -0.39 is 30.2 Å². The van der Waals surface area contributed by atoms with Crippen molar-refractivity contribution in [3.8, 4) is 0 Å². The van der Waals surface area contributed by atoms with Crippen LogP contribution in [0.2, 0.25) is 0 Å². The number of nitrogens with one attached hydrogen (secondary N) is 1. The Morgan fingerprint density at radius 2 is 1.82 bits per heavy atom. The molecule has 0 aromatic carbocycles. The summed E-state index contributed by atoms with van der Waals surface area (Å²) in [5.74, 6) is -0.454. The molecule has 0 aliphatic rings. The highest BCUT2D eigenvalue weighted by atomic mass is 19.4. The SMILES string of the molecule is CC(NCCCC(F)(F)F)C(=O)OC(C)(C)C. The van der Waals surface area contributed by atoms with Crippen molar-refractivity contribution in [3.63, 3.8) is 0 Å². The molecule has 0 saturated carbocycles. The monoisotopic (exact) mass is 255 g/mol. The number of alkyl halides is 3. The van der Waals surface area contributed by atoms with Gasteiger partial charge < -0.3 is 10.1 Å². The summed E-state index contributed by atoms with van der Waals surface area (Å²) in [6, 6.07) is -0.595. The van der Waals surface area contributed by atoms with Crippen molar-refractivity contribution in [1.82, 2.24) is 5.32 Å². The highest BCUT2D eigenvalue weighted by molar-refractivity contribution is 5.75. The van der Waals surface area contributed by atoms with Crippen molar-refractivity contribution in [2.24, 2.45) is 0 Å². The largest absolute Gasteiger partial charge is 0.459 e. The van der Waals surface area contributed by atoms with E-state index in [1.807, 2.05) is 0 Å². The van der Waals surface area contributed by atoms with Crippen LogP contribution in [0.5, 0.6) is 0 Å². The molecule has 0 aliphatic heterocycles. The number of hydrogen-bond donors (Lipinski definition) is 1. The van der Waals surface area contributed by atoms with Crippen molar-refractivity contribution in [3.05, 3.63) is 0 Å². The van der Waals surface area contributed by atoms with Crippen LogP contribution in [0, 0.1) is 0 Å². The van der Waals surface area contributed by atoms with Gasteiger partial charge in [-0.05, 0) is 40.7 Å². The van der Waals surface area contributed by atoms with Crippen LogP contribution in [0.25, 0.3) is 0 Å². The van der Waals surface area contributed by atoms with E-state index in [1.54, 1.807) is 27.7 Å². The van der Waals surface area contributed by atoms with Crippen LogP contribution in [0.4, 0.5) is 13.2 Å². The van der Waals surface area contributed by atoms with Gasteiger partial charge >= 0.3 is 12.1 Å². The maximum Gasteiger partial charge on any atom is 0.389 e. The Labute approximate surface area is 99.7 Å². The molecular formula is C11H20F3NO2. The second-order valence-corrected chi connectivity index (χ2v) is 4.93. The van der Waals surface area contributed by atoms with E-state index in [0.717, 1.165) is 0 Å². The van der Waals surface area contributed by atoms with E-state index >= 15 is 0 Å². The zero-order valence-electron chi connectivity index (χ0n) is 10.6. The third-order valence-electron chi connectivity index (χ3n) is 1.85. The normalized spacial score (nSPS) is 14.5. The zero-order chi connectivity index (χ0) is 13.7. The quantitative estimate of drug-likeness (QED) is 0.606. The Morgan fingerprint density at radius 3 is 2.24 bits per heavy atom. The molecule has 17 heavy (non-hydrogen) atoms. The van der Waals surface area contributed by atoms with Gasteiger partial charge in [-0.3, -0.25) is 4.79 Å². The molecule has 0 heterocycles. The average molecular weight is 255 g/mol. The number of esters is 1. The number of hydrogen-bond acceptors (Lipinski definition) is 3. The van der Waals surface area contributed by atoms with Gasteiger partial charge in [0.2, 0.25) is 0 Å². The van der Waals surface area contributed by atoms with Gasteiger partial charge in [0.1, 0.15) is 11.6 Å². The molecule has 1 N–H and O–H groups in total. The lowest BCUT2D eigenvalue weighted by Crippen LogP contribution is -2.39. The average Bonchev–Trinajstić information content (AvgIpc) is 2.07. The molecule has 0 aromatic rings. The number of rotatable bonds is 5. The van der Waals surface area contributed by atoms with Gasteiger partial charge in [0.15, 0.2) is 0 Å². The Bertz CT molecular complexity index is 246. The van der Waals surface area contributed by atoms with E-state index in [2.05, 4.69) is 5.32 Å². The molecule has 0 rings (SSSR count). The van der Waals surface area contributed by atoms with Gasteiger partial charge in [0.05, 0.1) is 0 Å². The lowest BCUT2D eigenvalue weighted by molar-refractivity contribution is -0.157. The summed E-state index contributed by atoms with van der Waals surface area (Å²) >= 11 is 0. The van der Waals surface area contributed by atoms with E-state index in [0.29, 0.717) is 0 Å². The highest BCUT2D eigenvalue weighted by Gasteiger charge is 2.26. The minimum atomic E-state index is -4.14. The third kappa shape index (κ3) is 10.1. The van der Waals surface area contributed by atoms with E-state index in [4.69, 9.17) is 4.74 Å². The number of halogens is 3. The first kappa shape index (κ1) is 16.2. The third-order valence-corrected chi connectivity index (χ3v) is 1.85. The second kappa shape index (κ2) is 6.23. The van der Waals surface area contributed by atoms with E-state index in [-0.39, 0.29) is 13.0 Å². The van der Waals surface area contributed by atoms with Gasteiger partial charge in [-0.25, -0.2) is 0 Å². The topological polar surface area (TPSA) is 38.3 Å². The van der Waals surface area contributed by atoms with Gasteiger partial charge in [0, 0.05) is 6.42 Å². The zero-order valence-corrected chi connectivity index (χ0v) is 10.6. The molecule has 0 radical (unpaired) electrons. The smallest absolute Gasteiger partial charge is 0.389 e. The Hall–Kier alpha value is -0.780. The molecule has 0 bridgehead atoms. The summed E-state index contributed by atoms with van der Waals surface area (Å²) in [5.41, 5.74) is -0.584. The predicted octanol–water partition coefficient (Wildman–Crippen LogP) is 2.65. The number of ether oxygens (including phenoxy) is 1. The van der Waals surface area contributed by atoms with Gasteiger partial charge in [-0.2, -0.15) is 13.2 Å². The molecule has 0 aromatic heterocycles. The minimum Gasteiger partial charge on any atom is -0.459 e. The maximum atomic E-state index is 11.8. The molecule has 0 aliphatic carbocycles. The number of carbonyl (C=O) groups is 1. The van der Waals surface area contributed by atoms with Crippen LogP contribution in [0.1, 0.15) is 40.5 Å². The van der Waals surface area contributed by atoms with Crippen molar-refractivity contribution in [1.29, 1.82) is 0 Å². The van der Waals surface area contributed by atoms with Gasteiger partial charge in [-0.15, -0.1) is 0 Å². The predicted molar refractivity (Wildman–Crippen MR) is 58.6 cm³/mol. The standard InChI is InChI=1S/C11H20F3NO2/c1-8(9(16)17-10(2,3)4)15-7-5-6-11(12,13)14/h8,15H,5-7H2,1-4H3. The maximum absolute atomic E-state index is 11.8. The van der Waals surface area contributed by atoms with Gasteiger partial charge in [0.25, 0.3) is 0 Å². The second-order valence-electron chi connectivity index (χ2n) is 4.93. The first-order chi connectivity index (χ1) is 7.51. The van der Waals surface area contributed by atoms with Crippen molar-refractivity contribution in [2.75, 3.05) is 6.54 Å². The first-order valence-electron chi connectivity index (χ1n) is 5.54. The van der Waals surface area contributed by atoms with Crippen molar-refractivity contribution >= 4 is 5.97 Å². The summed E-state index contributed by atoms with van der Waals surface area (Å²) in [5, 5.41) is 2.70. The van der Waals surface area contributed by atoms with E-state index in [9.17, 15) is 18.0 Å². The summed E-state index contributed by atoms with van der Waals surface area (Å²) in [6.07, 6.45) is -5.03. The molecule has 0 fully saturated rings. The first-order valence-corrected chi connectivity index (χ1v) is 5.54. The summed E-state index contributed by atoms with van der Waals surface area (Å²) in [4.78, 5) is 11.4. The lowest BCUT2D eigenvalue weighted by Gasteiger charge is -2.22. The van der Waals surface area contributed by atoms with Crippen LogP contribution in [0.3, 0.4) is 0 Å². The molecule has 1 atom stereocenters. The molecule has 3 nitrogen and oxygen atoms in total. The highest BCUT2D eigenvalue weighted by Crippen LogP contribution is 2.20. The van der Waals surface area contributed by atoms with Crippen LogP contribution < -0.4 is 5.32 Å². The Kier molecular flexibility index (Phi) is 5.95. The molecule has 0 spiro atoms. The fourth-order valence-electron chi connectivity index (χ4n) is 1.08. The Balaban J connectivity index is 3.80. The minimum absolute atomic E-state index is 0.0450. The van der Waals surface area contributed by atoms with Crippen molar-refractivity contribution < 1.29 is 22.7 Å². The summed E-state index contributed by atoms with van der Waals surface area (Å²) in [7, 11) is 0. The van der Waals surface area contributed by atoms with Crippen LogP contribution in [-0.4, -0.2) is 30.3 Å². The summed E-state index contributed by atoms with van der Waals surface area (Å²) in [6.45, 7) is 6.92. The number of carbonyl (C=O) groups excluding carboxylic acids is 1. The molecular weight excluding hydrogens is 235 g/mol. The Morgan fingerprint density at radius 1 is 1.29 bits per heavy atom. The summed E-state index contributed by atoms with van der Waals surface area (Å²) < 4.78 is 40.6. The molecule has 0 amide bonds. The lowest BCUT2D eigenvalue weighted by atomic mass is 10.2. The molecule has 6 heteroatoms. The molecule has 1 unspecified atom stereocenters. The van der Waals surface area contributed by atoms with Crippen LogP contribution in [-0.2, 0) is 9.53 Å². The fraction of sp³-hybridized carbons (Fsp3) is 0.909. The van der Waals surface area contributed by atoms with Gasteiger partial charge in [-0.1, -0.05) is 0 Å². The van der Waals surface area contributed by atoms with Crippen LogP contribution in [0.15, 0.2) is 0 Å². The fourth-order valence-corrected chi connectivity index (χ4v) is 1.08. The van der Waals surface area contributed by atoms with Crippen LogP contribution >= 0.6 is 0 Å². The molecule has 102 valence electrons. The van der Waals surface area contributed by atoms with Crippen molar-refractivity contribution in [2.45, 2.75) is 58.4 Å². The molecule has 0 saturated heterocycles.